The number of nitrogens with zero attached hydrogens (tertiary/aromatic N) is 1. The number of thiophene rings is 1. The minimum absolute atomic E-state index is 0.0652. The van der Waals surface area contributed by atoms with Crippen molar-refractivity contribution >= 4 is 62.3 Å². The largest absolute Gasteiger partial charge is 0.484 e. The predicted octanol–water partition coefficient (Wildman–Crippen LogP) is 8.12. The number of fused-ring (bicyclic) bond motifs is 1. The molecule has 210 valence electrons. The average Bonchev–Trinajstić information content (AvgIpc) is 3.53. The summed E-state index contributed by atoms with van der Waals surface area (Å²) in [6.45, 7) is 1.77. The second kappa shape index (κ2) is 11.1. The Hall–Kier alpha value is -4.06. The van der Waals surface area contributed by atoms with E-state index in [9.17, 15) is 22.8 Å². The molecule has 0 spiro atoms. The number of aryl methyl sites for hydroxylation is 1. The second-order valence-corrected chi connectivity index (χ2v) is 10.7. The van der Waals surface area contributed by atoms with Crippen molar-refractivity contribution in [3.8, 4) is 16.9 Å². The van der Waals surface area contributed by atoms with Crippen molar-refractivity contribution in [2.45, 2.75) is 19.7 Å². The number of amides is 2. The molecule has 0 saturated heterocycles. The monoisotopic (exact) mass is 619 g/mol. The normalized spacial score (nSPS) is 11.6. The Morgan fingerprint density at radius 3 is 2.46 bits per heavy atom. The molecule has 0 fully saturated rings. The van der Waals surface area contributed by atoms with Crippen molar-refractivity contribution in [2.75, 3.05) is 5.32 Å². The summed E-state index contributed by atoms with van der Waals surface area (Å²) >= 11 is 12.7. The van der Waals surface area contributed by atoms with Crippen LogP contribution in [0.5, 0.6) is 5.75 Å². The molecule has 0 aliphatic heterocycles. The number of aromatic nitrogens is 1. The minimum Gasteiger partial charge on any atom is -0.484 e. The number of hydrogen-bond donors (Lipinski definition) is 2. The van der Waals surface area contributed by atoms with Gasteiger partial charge in [-0.2, -0.15) is 13.2 Å². The van der Waals surface area contributed by atoms with Crippen molar-refractivity contribution in [1.82, 2.24) is 4.98 Å². The van der Waals surface area contributed by atoms with Gasteiger partial charge in [-0.1, -0.05) is 53.0 Å². The van der Waals surface area contributed by atoms with Crippen LogP contribution in [0.4, 0.5) is 18.9 Å². The lowest BCUT2D eigenvalue weighted by Crippen LogP contribution is -2.16. The first-order chi connectivity index (χ1) is 19.4. The number of anilines is 1. The van der Waals surface area contributed by atoms with Gasteiger partial charge in [-0.3, -0.25) is 9.59 Å². The zero-order valence-corrected chi connectivity index (χ0v) is 23.3. The van der Waals surface area contributed by atoms with Crippen molar-refractivity contribution in [3.05, 3.63) is 98.4 Å². The predicted molar refractivity (Wildman–Crippen MR) is 151 cm³/mol. The van der Waals surface area contributed by atoms with E-state index in [2.05, 4.69) is 10.3 Å². The number of primary amides is 1. The van der Waals surface area contributed by atoms with Gasteiger partial charge in [0.15, 0.2) is 5.76 Å². The summed E-state index contributed by atoms with van der Waals surface area (Å²) in [7, 11) is 0. The van der Waals surface area contributed by atoms with Crippen LogP contribution in [0.3, 0.4) is 0 Å². The number of nitrogens with one attached hydrogen (secondary N) is 1. The topological polar surface area (TPSA) is 107 Å². The number of pyridine rings is 1. The molecular formula is C28H18Cl2F3N3O4S. The van der Waals surface area contributed by atoms with Gasteiger partial charge in [0, 0.05) is 10.4 Å². The Morgan fingerprint density at radius 2 is 1.80 bits per heavy atom. The number of hydrogen-bond acceptors (Lipinski definition) is 6. The third-order valence-electron chi connectivity index (χ3n) is 5.93. The number of halogens is 5. The first-order valence-electron chi connectivity index (χ1n) is 11.8. The Balaban J connectivity index is 1.51. The van der Waals surface area contributed by atoms with Gasteiger partial charge >= 0.3 is 6.18 Å². The fourth-order valence-corrected chi connectivity index (χ4v) is 5.46. The van der Waals surface area contributed by atoms with Crippen molar-refractivity contribution in [2.24, 2.45) is 5.73 Å². The van der Waals surface area contributed by atoms with E-state index in [1.807, 2.05) is 6.92 Å². The third-order valence-corrected chi connectivity index (χ3v) is 7.56. The highest BCUT2D eigenvalue weighted by Crippen LogP contribution is 2.44. The quantitative estimate of drug-likeness (QED) is 0.191. The van der Waals surface area contributed by atoms with Gasteiger partial charge in [-0.25, -0.2) is 4.98 Å². The van der Waals surface area contributed by atoms with E-state index in [0.29, 0.717) is 27.7 Å². The molecule has 2 amide bonds. The average molecular weight is 620 g/mol. The van der Waals surface area contributed by atoms with Gasteiger partial charge in [0.1, 0.15) is 33.5 Å². The third kappa shape index (κ3) is 6.02. The maximum atomic E-state index is 13.7. The van der Waals surface area contributed by atoms with Gasteiger partial charge in [0.25, 0.3) is 11.8 Å². The van der Waals surface area contributed by atoms with Crippen molar-refractivity contribution in [3.63, 3.8) is 0 Å². The fourth-order valence-electron chi connectivity index (χ4n) is 3.99. The zero-order valence-electron chi connectivity index (χ0n) is 20.9. The number of benzene rings is 2. The van der Waals surface area contributed by atoms with Crippen LogP contribution in [0.1, 0.15) is 37.2 Å². The van der Waals surface area contributed by atoms with Gasteiger partial charge < -0.3 is 20.2 Å². The van der Waals surface area contributed by atoms with Crippen LogP contribution in [0.25, 0.3) is 21.3 Å². The summed E-state index contributed by atoms with van der Waals surface area (Å²) in [6.07, 6.45) is -4.75. The van der Waals surface area contributed by atoms with Crippen LogP contribution >= 0.6 is 34.5 Å². The van der Waals surface area contributed by atoms with Gasteiger partial charge in [-0.15, -0.1) is 11.3 Å². The first-order valence-corrected chi connectivity index (χ1v) is 13.4. The first kappa shape index (κ1) is 28.5. The molecule has 0 bridgehead atoms. The molecule has 3 N–H and O–H groups in total. The lowest BCUT2D eigenvalue weighted by Gasteiger charge is -2.12. The Labute approximate surface area is 244 Å². The molecule has 3 heterocycles. The van der Waals surface area contributed by atoms with E-state index in [4.69, 9.17) is 38.1 Å². The van der Waals surface area contributed by atoms with Crippen LogP contribution in [-0.2, 0) is 12.8 Å². The highest BCUT2D eigenvalue weighted by molar-refractivity contribution is 7.21. The Bertz CT molecular complexity index is 1800. The van der Waals surface area contributed by atoms with E-state index < -0.39 is 23.7 Å². The molecule has 41 heavy (non-hydrogen) atoms. The zero-order chi connectivity index (χ0) is 29.5. The number of nitrogens with two attached hydrogens (primary N) is 1. The molecule has 5 rings (SSSR count). The fraction of sp³-hybridized carbons (Fsp3) is 0.107. The van der Waals surface area contributed by atoms with E-state index in [1.54, 1.807) is 36.4 Å². The summed E-state index contributed by atoms with van der Waals surface area (Å²) in [4.78, 5) is 29.0. The Kier molecular flexibility index (Phi) is 7.69. The van der Waals surface area contributed by atoms with Crippen LogP contribution in [-0.4, -0.2) is 16.8 Å². The van der Waals surface area contributed by atoms with E-state index in [1.165, 1.54) is 18.2 Å². The molecule has 13 heteroatoms. The number of ether oxygens (including phenoxy) is 1. The lowest BCUT2D eigenvalue weighted by atomic mass is 10.00. The molecule has 0 saturated carbocycles. The molecule has 2 aromatic carbocycles. The number of alkyl halides is 3. The standard InChI is InChI=1S/C28H18Cl2F3N3O4S/c1-13-2-4-14(5-3-13)17-11-21(28(31,32)33)35-27-22(17)23(24(41-27)25(34)37)36-26(38)20-9-7-16(40-20)12-39-19-8-6-15(29)10-18(19)30/h2-11H,12H2,1H3,(H2,34,37)(H,36,38). The summed E-state index contributed by atoms with van der Waals surface area (Å²) in [5, 5.41) is 3.46. The molecule has 0 atom stereocenters. The molecule has 0 aliphatic rings. The van der Waals surface area contributed by atoms with Crippen molar-refractivity contribution < 1.29 is 31.9 Å². The summed E-state index contributed by atoms with van der Waals surface area (Å²) < 4.78 is 52.4. The smallest absolute Gasteiger partial charge is 0.433 e. The highest BCUT2D eigenvalue weighted by Gasteiger charge is 2.35. The summed E-state index contributed by atoms with van der Waals surface area (Å²) in [6, 6.07) is 15.2. The van der Waals surface area contributed by atoms with E-state index >= 15 is 0 Å². The maximum absolute atomic E-state index is 13.7. The molecule has 3 aromatic heterocycles. The maximum Gasteiger partial charge on any atom is 0.433 e. The van der Waals surface area contributed by atoms with Crippen LogP contribution in [0, 0.1) is 6.92 Å². The van der Waals surface area contributed by atoms with Crippen LogP contribution in [0.2, 0.25) is 10.0 Å². The van der Waals surface area contributed by atoms with Gasteiger partial charge in [-0.05, 0) is 54.4 Å². The van der Waals surface area contributed by atoms with Crippen molar-refractivity contribution in [1.29, 1.82) is 0 Å². The minimum atomic E-state index is -4.75. The lowest BCUT2D eigenvalue weighted by molar-refractivity contribution is -0.140. The second-order valence-electron chi connectivity index (χ2n) is 8.85. The molecule has 0 aliphatic carbocycles. The Morgan fingerprint density at radius 1 is 1.07 bits per heavy atom. The molecule has 0 radical (unpaired) electrons. The number of carbonyl (C=O) groups is 2. The van der Waals surface area contributed by atoms with Gasteiger partial charge in [0.05, 0.1) is 10.7 Å². The number of carbonyl (C=O) groups excluding carboxylic acids is 2. The van der Waals surface area contributed by atoms with E-state index in [-0.39, 0.29) is 49.5 Å². The van der Waals surface area contributed by atoms with Crippen LogP contribution in [0.15, 0.2) is 65.1 Å². The number of furan rings is 1. The molecular weight excluding hydrogens is 602 g/mol. The van der Waals surface area contributed by atoms with Gasteiger partial charge in [0.2, 0.25) is 0 Å². The number of rotatable bonds is 7. The molecule has 0 unspecified atom stereocenters. The SMILES string of the molecule is Cc1ccc(-c2cc(C(F)(F)F)nc3sc(C(N)=O)c(NC(=O)c4ccc(COc5ccc(Cl)cc5Cl)o4)c23)cc1. The molecule has 5 aromatic rings. The highest BCUT2D eigenvalue weighted by atomic mass is 35.5. The van der Waals surface area contributed by atoms with E-state index in [0.717, 1.165) is 11.6 Å². The summed E-state index contributed by atoms with van der Waals surface area (Å²) in [5.41, 5.74) is 5.78. The summed E-state index contributed by atoms with van der Waals surface area (Å²) in [5.74, 6) is -1.22. The molecule has 7 nitrogen and oxygen atoms in total. The van der Waals surface area contributed by atoms with Crippen LogP contribution < -0.4 is 15.8 Å².